The maximum absolute atomic E-state index is 13.0. The van der Waals surface area contributed by atoms with Crippen LogP contribution in [-0.4, -0.2) is 23.9 Å². The summed E-state index contributed by atoms with van der Waals surface area (Å²) in [7, 11) is -6.53. The second-order valence-electron chi connectivity index (χ2n) is 6.71. The van der Waals surface area contributed by atoms with Crippen LogP contribution in [0, 0.1) is 13.8 Å². The number of sulfonamides is 2. The molecule has 0 radical (unpaired) electrons. The van der Waals surface area contributed by atoms with Crippen LogP contribution < -0.4 is 14.2 Å². The summed E-state index contributed by atoms with van der Waals surface area (Å²) in [6.07, 6.45) is 0. The van der Waals surface area contributed by atoms with Crippen molar-refractivity contribution in [3.63, 3.8) is 0 Å². The van der Waals surface area contributed by atoms with E-state index in [0.717, 1.165) is 5.56 Å². The van der Waals surface area contributed by atoms with Gasteiger partial charge in [0.2, 0.25) is 0 Å². The van der Waals surface area contributed by atoms with Gasteiger partial charge in [0.1, 0.15) is 5.75 Å². The van der Waals surface area contributed by atoms with Gasteiger partial charge in [-0.25, -0.2) is 16.8 Å². The van der Waals surface area contributed by atoms with Crippen molar-refractivity contribution in [3.8, 4) is 5.75 Å². The van der Waals surface area contributed by atoms with Crippen LogP contribution in [0.15, 0.2) is 76.5 Å². The van der Waals surface area contributed by atoms with Gasteiger partial charge in [-0.05, 0) is 61.4 Å². The fourth-order valence-corrected chi connectivity index (χ4v) is 5.33. The molecule has 3 aromatic rings. The average molecular weight is 447 g/mol. The van der Waals surface area contributed by atoms with E-state index in [4.69, 9.17) is 4.74 Å². The molecule has 158 valence electrons. The zero-order valence-corrected chi connectivity index (χ0v) is 18.3. The minimum Gasteiger partial charge on any atom is -0.495 e. The van der Waals surface area contributed by atoms with Crippen LogP contribution in [0.4, 0.5) is 11.4 Å². The minimum atomic E-state index is -3.97. The standard InChI is InChI=1S/C21H22N2O5S2/c1-15-9-10-16(2)21(13-15)30(26,27)23-19-14-18(11-12-20(19)28-3)29(24,25)22-17-7-5-4-6-8-17/h4-14,22-23H,1-3H3. The largest absolute Gasteiger partial charge is 0.495 e. The highest BCUT2D eigenvalue weighted by Gasteiger charge is 2.22. The first-order valence-electron chi connectivity index (χ1n) is 8.98. The van der Waals surface area contributed by atoms with Crippen molar-refractivity contribution in [3.05, 3.63) is 77.9 Å². The molecule has 0 fully saturated rings. The molecular weight excluding hydrogens is 424 g/mol. The Balaban J connectivity index is 2.00. The van der Waals surface area contributed by atoms with Gasteiger partial charge in [0.15, 0.2) is 0 Å². The maximum atomic E-state index is 13.0. The third-order valence-corrected chi connectivity index (χ3v) is 7.27. The number of anilines is 2. The van der Waals surface area contributed by atoms with Gasteiger partial charge in [-0.2, -0.15) is 0 Å². The Labute approximate surface area is 176 Å². The molecule has 0 unspecified atom stereocenters. The molecule has 3 rings (SSSR count). The number of ether oxygens (including phenoxy) is 1. The van der Waals surface area contributed by atoms with Crippen LogP contribution in [0.1, 0.15) is 11.1 Å². The van der Waals surface area contributed by atoms with Gasteiger partial charge in [-0.3, -0.25) is 9.44 Å². The number of methoxy groups -OCH3 is 1. The van der Waals surface area contributed by atoms with Crippen LogP contribution in [-0.2, 0) is 20.0 Å². The van der Waals surface area contributed by atoms with Gasteiger partial charge >= 0.3 is 0 Å². The highest BCUT2D eigenvalue weighted by molar-refractivity contribution is 7.93. The van der Waals surface area contributed by atoms with Crippen molar-refractivity contribution < 1.29 is 21.6 Å². The Morgan fingerprint density at radius 1 is 0.767 bits per heavy atom. The summed E-state index contributed by atoms with van der Waals surface area (Å²) in [6.45, 7) is 3.48. The third kappa shape index (κ3) is 4.74. The molecule has 9 heteroatoms. The summed E-state index contributed by atoms with van der Waals surface area (Å²) < 4.78 is 61.6. The van der Waals surface area contributed by atoms with Crippen molar-refractivity contribution >= 4 is 31.4 Å². The number of para-hydroxylation sites is 1. The Bertz CT molecular complexity index is 1270. The predicted octanol–water partition coefficient (Wildman–Crippen LogP) is 3.91. The summed E-state index contributed by atoms with van der Waals surface area (Å²) in [5, 5.41) is 0. The summed E-state index contributed by atoms with van der Waals surface area (Å²) in [5.41, 5.74) is 1.78. The third-order valence-electron chi connectivity index (χ3n) is 4.38. The van der Waals surface area contributed by atoms with Crippen molar-refractivity contribution in [1.82, 2.24) is 0 Å². The number of aryl methyl sites for hydroxylation is 2. The Morgan fingerprint density at radius 2 is 1.47 bits per heavy atom. The highest BCUT2D eigenvalue weighted by Crippen LogP contribution is 2.31. The summed E-state index contributed by atoms with van der Waals surface area (Å²) in [6, 6.07) is 17.5. The molecule has 0 amide bonds. The van der Waals surface area contributed by atoms with Crippen molar-refractivity contribution in [2.24, 2.45) is 0 Å². The smallest absolute Gasteiger partial charge is 0.262 e. The molecular formula is C21H22N2O5S2. The van der Waals surface area contributed by atoms with Crippen LogP contribution >= 0.6 is 0 Å². The average Bonchev–Trinajstić information content (AvgIpc) is 2.70. The second-order valence-corrected chi connectivity index (χ2v) is 10.0. The first-order chi connectivity index (χ1) is 14.1. The Morgan fingerprint density at radius 3 is 2.13 bits per heavy atom. The summed E-state index contributed by atoms with van der Waals surface area (Å²) >= 11 is 0. The molecule has 0 bridgehead atoms. The molecule has 0 atom stereocenters. The van der Waals surface area contributed by atoms with Crippen LogP contribution in [0.25, 0.3) is 0 Å². The summed E-state index contributed by atoms with van der Waals surface area (Å²) in [4.78, 5) is 0.00559. The van der Waals surface area contributed by atoms with E-state index in [1.165, 1.54) is 25.3 Å². The highest BCUT2D eigenvalue weighted by atomic mass is 32.2. The molecule has 0 saturated heterocycles. The molecule has 3 aromatic carbocycles. The van der Waals surface area contributed by atoms with Crippen LogP contribution in [0.3, 0.4) is 0 Å². The van der Waals surface area contributed by atoms with Gasteiger partial charge < -0.3 is 4.74 Å². The normalized spacial score (nSPS) is 11.7. The number of rotatable bonds is 7. The van der Waals surface area contributed by atoms with Crippen molar-refractivity contribution in [2.75, 3.05) is 16.6 Å². The molecule has 0 aliphatic carbocycles. The lowest BCUT2D eigenvalue weighted by Crippen LogP contribution is -2.17. The first-order valence-corrected chi connectivity index (χ1v) is 11.9. The zero-order chi connectivity index (χ0) is 21.9. The van der Waals surface area contributed by atoms with Crippen molar-refractivity contribution in [1.29, 1.82) is 0 Å². The topological polar surface area (TPSA) is 102 Å². The van der Waals surface area contributed by atoms with E-state index in [1.807, 2.05) is 6.07 Å². The lowest BCUT2D eigenvalue weighted by atomic mass is 10.2. The molecule has 0 aromatic heterocycles. The lowest BCUT2D eigenvalue weighted by molar-refractivity contribution is 0.416. The van der Waals surface area contributed by atoms with Gasteiger partial charge in [-0.15, -0.1) is 0 Å². The molecule has 2 N–H and O–H groups in total. The molecule has 0 spiro atoms. The Kier molecular flexibility index (Phi) is 6.04. The van der Waals surface area contributed by atoms with E-state index in [2.05, 4.69) is 9.44 Å². The molecule has 7 nitrogen and oxygen atoms in total. The minimum absolute atomic E-state index is 0.0225. The Hall–Kier alpha value is -3.04. The number of hydrogen-bond acceptors (Lipinski definition) is 5. The van der Waals surface area contributed by atoms with E-state index < -0.39 is 20.0 Å². The second kappa shape index (κ2) is 8.37. The van der Waals surface area contributed by atoms with E-state index in [0.29, 0.717) is 11.3 Å². The quantitative estimate of drug-likeness (QED) is 0.573. The van der Waals surface area contributed by atoms with E-state index in [9.17, 15) is 16.8 Å². The van der Waals surface area contributed by atoms with Gasteiger partial charge in [-0.1, -0.05) is 30.3 Å². The zero-order valence-electron chi connectivity index (χ0n) is 16.7. The maximum Gasteiger partial charge on any atom is 0.262 e. The first kappa shape index (κ1) is 21.7. The number of benzene rings is 3. The lowest BCUT2D eigenvalue weighted by Gasteiger charge is -2.15. The van der Waals surface area contributed by atoms with Crippen LogP contribution in [0.2, 0.25) is 0 Å². The molecule has 0 aliphatic heterocycles. The van der Waals surface area contributed by atoms with E-state index >= 15 is 0 Å². The van der Waals surface area contributed by atoms with Crippen molar-refractivity contribution in [2.45, 2.75) is 23.6 Å². The van der Waals surface area contributed by atoms with Gasteiger partial charge in [0, 0.05) is 5.69 Å². The fourth-order valence-electron chi connectivity index (χ4n) is 2.85. The monoisotopic (exact) mass is 446 g/mol. The number of hydrogen-bond donors (Lipinski definition) is 2. The molecule has 0 saturated carbocycles. The van der Waals surface area contributed by atoms with E-state index in [1.54, 1.807) is 56.3 Å². The summed E-state index contributed by atoms with van der Waals surface area (Å²) in [5.74, 6) is 0.197. The van der Waals surface area contributed by atoms with Gasteiger partial charge in [0.25, 0.3) is 20.0 Å². The van der Waals surface area contributed by atoms with Gasteiger partial charge in [0.05, 0.1) is 22.6 Å². The number of nitrogens with one attached hydrogen (secondary N) is 2. The fraction of sp³-hybridized carbons (Fsp3) is 0.143. The SMILES string of the molecule is COc1ccc(S(=O)(=O)Nc2ccccc2)cc1NS(=O)(=O)c1cc(C)ccc1C. The van der Waals surface area contributed by atoms with Crippen LogP contribution in [0.5, 0.6) is 5.75 Å². The molecule has 30 heavy (non-hydrogen) atoms. The molecule has 0 aliphatic rings. The predicted molar refractivity (Wildman–Crippen MR) is 117 cm³/mol. The molecule has 0 heterocycles. The van der Waals surface area contributed by atoms with E-state index in [-0.39, 0.29) is 21.2 Å².